The first-order valence-electron chi connectivity index (χ1n) is 3.20. The fraction of sp³-hybridized carbons (Fsp3) is 0.333. The highest BCUT2D eigenvalue weighted by Gasteiger charge is 2.06. The third-order valence-electron chi connectivity index (χ3n) is 1.08. The summed E-state index contributed by atoms with van der Waals surface area (Å²) in [5.41, 5.74) is 0. The molecule has 0 atom stereocenters. The number of nitriles is 1. The first kappa shape index (κ1) is 9.54. The molecule has 0 saturated carbocycles. The van der Waals surface area contributed by atoms with Gasteiger partial charge in [0.25, 0.3) is 0 Å². The predicted molar refractivity (Wildman–Crippen MR) is 44.4 cm³/mol. The van der Waals surface area contributed by atoms with E-state index in [9.17, 15) is 0 Å². The van der Waals surface area contributed by atoms with Crippen LogP contribution in [0.3, 0.4) is 0 Å². The van der Waals surface area contributed by atoms with Crippen molar-refractivity contribution < 1.29 is 9.47 Å². The van der Waals surface area contributed by atoms with Crippen LogP contribution < -0.4 is 9.47 Å². The minimum Gasteiger partial charge on any atom is -0.467 e. The topological polar surface area (TPSA) is 80.9 Å². The molecule has 1 aromatic heterocycles. The minimum absolute atomic E-state index is 0.129. The van der Waals surface area contributed by atoms with Crippen LogP contribution in [0.5, 0.6) is 12.0 Å². The second-order valence-corrected chi connectivity index (χ2v) is 2.54. The van der Waals surface area contributed by atoms with Crippen molar-refractivity contribution in [2.75, 3.05) is 14.2 Å². The number of thiocyanates is 1. The van der Waals surface area contributed by atoms with Gasteiger partial charge in [-0.25, -0.2) is 0 Å². The van der Waals surface area contributed by atoms with Crippen LogP contribution in [0.15, 0.2) is 5.16 Å². The third-order valence-corrected chi connectivity index (χ3v) is 1.53. The summed E-state index contributed by atoms with van der Waals surface area (Å²) in [6, 6.07) is 0.259. The molecule has 13 heavy (non-hydrogen) atoms. The Balaban J connectivity index is 3.01. The minimum atomic E-state index is 0.129. The summed E-state index contributed by atoms with van der Waals surface area (Å²) < 4.78 is 9.56. The zero-order valence-electron chi connectivity index (χ0n) is 7.01. The van der Waals surface area contributed by atoms with Gasteiger partial charge in [0.05, 0.1) is 14.2 Å². The van der Waals surface area contributed by atoms with Gasteiger partial charge < -0.3 is 9.47 Å². The Morgan fingerprint density at radius 3 is 2.08 bits per heavy atom. The second-order valence-electron chi connectivity index (χ2n) is 1.78. The standard InChI is InChI=1S/C6H6N4O2S/c1-11-4-8-5(12-2)10-6(9-4)13-3-7/h1-2H3. The molecule has 0 fully saturated rings. The number of ether oxygens (including phenoxy) is 2. The summed E-state index contributed by atoms with van der Waals surface area (Å²) in [4.78, 5) is 11.4. The molecule has 0 aliphatic rings. The van der Waals surface area contributed by atoms with E-state index in [2.05, 4.69) is 15.0 Å². The quantitative estimate of drug-likeness (QED) is 0.515. The van der Waals surface area contributed by atoms with Crippen molar-refractivity contribution in [3.63, 3.8) is 0 Å². The van der Waals surface area contributed by atoms with Crippen molar-refractivity contribution >= 4 is 11.8 Å². The highest BCUT2D eigenvalue weighted by atomic mass is 32.2. The van der Waals surface area contributed by atoms with Crippen LogP contribution in [0.1, 0.15) is 0 Å². The van der Waals surface area contributed by atoms with Gasteiger partial charge in [0.15, 0.2) is 0 Å². The van der Waals surface area contributed by atoms with Gasteiger partial charge in [0, 0.05) is 11.8 Å². The number of methoxy groups -OCH3 is 2. The molecule has 68 valence electrons. The molecule has 0 unspecified atom stereocenters. The molecule has 0 spiro atoms. The molecular weight excluding hydrogens is 192 g/mol. The van der Waals surface area contributed by atoms with Gasteiger partial charge >= 0.3 is 12.0 Å². The van der Waals surface area contributed by atoms with Crippen molar-refractivity contribution in [1.82, 2.24) is 15.0 Å². The molecule has 0 bridgehead atoms. The molecule has 0 amide bonds. The molecule has 0 radical (unpaired) electrons. The van der Waals surface area contributed by atoms with Crippen molar-refractivity contribution in [1.29, 1.82) is 5.26 Å². The van der Waals surface area contributed by atoms with E-state index in [1.54, 1.807) is 0 Å². The van der Waals surface area contributed by atoms with E-state index in [-0.39, 0.29) is 17.2 Å². The average Bonchev–Trinajstić information content (AvgIpc) is 2.17. The summed E-state index contributed by atoms with van der Waals surface area (Å²) in [5.74, 6) is 0. The lowest BCUT2D eigenvalue weighted by atomic mass is 11.0. The van der Waals surface area contributed by atoms with Crippen LogP contribution in [0.2, 0.25) is 0 Å². The Labute approximate surface area is 78.9 Å². The van der Waals surface area contributed by atoms with Gasteiger partial charge in [-0.05, 0) is 0 Å². The number of hydrogen-bond acceptors (Lipinski definition) is 7. The summed E-state index contributed by atoms with van der Waals surface area (Å²) in [7, 11) is 2.85. The zero-order chi connectivity index (χ0) is 9.68. The summed E-state index contributed by atoms with van der Waals surface area (Å²) in [6.45, 7) is 0. The Kier molecular flexibility index (Phi) is 3.28. The lowest BCUT2D eigenvalue weighted by Gasteiger charge is -2.01. The fourth-order valence-electron chi connectivity index (χ4n) is 0.590. The molecule has 0 aliphatic carbocycles. The van der Waals surface area contributed by atoms with Crippen LogP contribution in [-0.4, -0.2) is 29.2 Å². The maximum atomic E-state index is 8.38. The average molecular weight is 198 g/mol. The molecule has 7 heteroatoms. The molecule has 1 rings (SSSR count). The smallest absolute Gasteiger partial charge is 0.323 e. The predicted octanol–water partition coefficient (Wildman–Crippen LogP) is 0.462. The summed E-state index contributed by atoms with van der Waals surface area (Å²) in [6.07, 6.45) is 0. The van der Waals surface area contributed by atoms with Crippen LogP contribution in [0.4, 0.5) is 0 Å². The highest BCUT2D eigenvalue weighted by Crippen LogP contribution is 2.16. The number of nitrogens with zero attached hydrogens (tertiary/aromatic N) is 4. The van der Waals surface area contributed by atoms with Crippen molar-refractivity contribution in [2.45, 2.75) is 5.16 Å². The first-order valence-corrected chi connectivity index (χ1v) is 4.01. The van der Waals surface area contributed by atoms with E-state index in [1.807, 2.05) is 5.40 Å². The Bertz CT molecular complexity index is 316. The van der Waals surface area contributed by atoms with Gasteiger partial charge in [-0.1, -0.05) is 0 Å². The van der Waals surface area contributed by atoms with Gasteiger partial charge in [-0.3, -0.25) is 0 Å². The number of hydrogen-bond donors (Lipinski definition) is 0. The maximum Gasteiger partial charge on any atom is 0.323 e. The van der Waals surface area contributed by atoms with Gasteiger partial charge in [-0.15, -0.1) is 4.98 Å². The summed E-state index contributed by atoms with van der Waals surface area (Å²) in [5, 5.41) is 10.5. The van der Waals surface area contributed by atoms with E-state index in [1.165, 1.54) is 14.2 Å². The Hall–Kier alpha value is -1.55. The molecule has 0 aromatic carbocycles. The molecule has 1 heterocycles. The van der Waals surface area contributed by atoms with E-state index in [0.717, 1.165) is 11.8 Å². The van der Waals surface area contributed by atoms with E-state index in [0.29, 0.717) is 0 Å². The van der Waals surface area contributed by atoms with E-state index in [4.69, 9.17) is 14.7 Å². The van der Waals surface area contributed by atoms with Crippen LogP contribution in [0, 0.1) is 10.7 Å². The Morgan fingerprint density at radius 2 is 1.69 bits per heavy atom. The lowest BCUT2D eigenvalue weighted by Crippen LogP contribution is -1.99. The zero-order valence-corrected chi connectivity index (χ0v) is 7.83. The largest absolute Gasteiger partial charge is 0.467 e. The SMILES string of the molecule is COc1nc(OC)nc(SC#N)n1. The molecule has 1 aromatic rings. The van der Waals surface area contributed by atoms with Gasteiger partial charge in [0.2, 0.25) is 5.16 Å². The third kappa shape index (κ3) is 2.45. The van der Waals surface area contributed by atoms with Gasteiger partial charge in [-0.2, -0.15) is 15.2 Å². The van der Waals surface area contributed by atoms with E-state index >= 15 is 0 Å². The van der Waals surface area contributed by atoms with Crippen molar-refractivity contribution in [3.05, 3.63) is 0 Å². The number of thioether (sulfide) groups is 1. The second kappa shape index (κ2) is 4.47. The lowest BCUT2D eigenvalue weighted by molar-refractivity contribution is 0.332. The Morgan fingerprint density at radius 1 is 1.15 bits per heavy atom. The first-order chi connectivity index (χ1) is 6.30. The normalized spacial score (nSPS) is 9.00. The van der Waals surface area contributed by atoms with Crippen LogP contribution in [-0.2, 0) is 0 Å². The highest BCUT2D eigenvalue weighted by molar-refractivity contribution is 8.03. The van der Waals surface area contributed by atoms with E-state index < -0.39 is 0 Å². The van der Waals surface area contributed by atoms with Crippen LogP contribution >= 0.6 is 11.8 Å². The maximum absolute atomic E-state index is 8.38. The molecular formula is C6H6N4O2S. The molecule has 0 N–H and O–H groups in total. The van der Waals surface area contributed by atoms with Crippen molar-refractivity contribution in [3.8, 4) is 17.4 Å². The number of aromatic nitrogens is 3. The monoisotopic (exact) mass is 198 g/mol. The summed E-state index contributed by atoms with van der Waals surface area (Å²) >= 11 is 0.818. The van der Waals surface area contributed by atoms with Gasteiger partial charge in [0.1, 0.15) is 5.40 Å². The fourth-order valence-corrected chi connectivity index (χ4v) is 0.919. The van der Waals surface area contributed by atoms with Crippen molar-refractivity contribution in [2.24, 2.45) is 0 Å². The molecule has 0 saturated heterocycles. The van der Waals surface area contributed by atoms with Crippen LogP contribution in [0.25, 0.3) is 0 Å². The number of rotatable bonds is 3. The molecule has 0 aliphatic heterocycles. The molecule has 6 nitrogen and oxygen atoms in total.